The third-order valence-electron chi connectivity index (χ3n) is 4.37. The smallest absolute Gasteiger partial charge is 0.256 e. The van der Waals surface area contributed by atoms with E-state index in [0.29, 0.717) is 11.2 Å². The van der Waals surface area contributed by atoms with Crippen molar-refractivity contribution < 1.29 is 4.42 Å². The standard InChI is InChI=1S/C17H22N2OS/c1-11-12(2)20-17(19-11)21-16-10-14(8-9-15(16)18)13-6-4-3-5-7-13/h3-7,14-16H,8-10,18H2,1-2H3. The van der Waals surface area contributed by atoms with Crippen molar-refractivity contribution in [2.45, 2.75) is 55.5 Å². The summed E-state index contributed by atoms with van der Waals surface area (Å²) in [4.78, 5) is 4.48. The number of thioether (sulfide) groups is 1. The minimum absolute atomic E-state index is 0.225. The quantitative estimate of drug-likeness (QED) is 0.929. The molecule has 1 heterocycles. The molecule has 0 aliphatic heterocycles. The van der Waals surface area contributed by atoms with Gasteiger partial charge in [-0.3, -0.25) is 0 Å². The Morgan fingerprint density at radius 3 is 2.62 bits per heavy atom. The van der Waals surface area contributed by atoms with Crippen LogP contribution in [-0.2, 0) is 0 Å². The highest BCUT2D eigenvalue weighted by atomic mass is 32.2. The maximum atomic E-state index is 6.32. The molecule has 0 radical (unpaired) electrons. The van der Waals surface area contributed by atoms with E-state index in [4.69, 9.17) is 10.2 Å². The van der Waals surface area contributed by atoms with Crippen molar-refractivity contribution in [3.63, 3.8) is 0 Å². The average Bonchev–Trinajstić information content (AvgIpc) is 2.80. The Bertz CT molecular complexity index is 577. The van der Waals surface area contributed by atoms with Crippen molar-refractivity contribution in [1.29, 1.82) is 0 Å². The van der Waals surface area contributed by atoms with Gasteiger partial charge in [0, 0.05) is 11.3 Å². The molecule has 3 nitrogen and oxygen atoms in total. The van der Waals surface area contributed by atoms with Gasteiger partial charge in [0.1, 0.15) is 5.76 Å². The first-order valence-corrected chi connectivity index (χ1v) is 8.42. The molecule has 3 rings (SSSR count). The molecule has 3 unspecified atom stereocenters. The number of nitrogens with two attached hydrogens (primary N) is 1. The zero-order valence-electron chi connectivity index (χ0n) is 12.6. The maximum absolute atomic E-state index is 6.32. The highest BCUT2D eigenvalue weighted by molar-refractivity contribution is 7.99. The van der Waals surface area contributed by atoms with E-state index in [1.165, 1.54) is 12.0 Å². The van der Waals surface area contributed by atoms with Gasteiger partial charge in [-0.05, 0) is 44.6 Å². The molecular weight excluding hydrogens is 280 g/mol. The molecular formula is C17H22N2OS. The van der Waals surface area contributed by atoms with E-state index in [-0.39, 0.29) is 6.04 Å². The van der Waals surface area contributed by atoms with E-state index in [1.807, 2.05) is 13.8 Å². The van der Waals surface area contributed by atoms with Gasteiger partial charge in [0.15, 0.2) is 0 Å². The normalized spacial score (nSPS) is 26.0. The molecule has 4 heteroatoms. The highest BCUT2D eigenvalue weighted by Gasteiger charge is 2.31. The van der Waals surface area contributed by atoms with Crippen LogP contribution in [0.3, 0.4) is 0 Å². The largest absolute Gasteiger partial charge is 0.437 e. The van der Waals surface area contributed by atoms with Gasteiger partial charge in [0.05, 0.1) is 5.69 Å². The lowest BCUT2D eigenvalue weighted by Gasteiger charge is -2.33. The van der Waals surface area contributed by atoms with Crippen LogP contribution >= 0.6 is 11.8 Å². The zero-order chi connectivity index (χ0) is 14.8. The molecule has 0 spiro atoms. The van der Waals surface area contributed by atoms with E-state index in [9.17, 15) is 0 Å². The van der Waals surface area contributed by atoms with Crippen LogP contribution in [0.15, 0.2) is 40.0 Å². The fourth-order valence-electron chi connectivity index (χ4n) is 2.94. The average molecular weight is 302 g/mol. The lowest BCUT2D eigenvalue weighted by molar-refractivity contribution is 0.396. The molecule has 3 atom stereocenters. The van der Waals surface area contributed by atoms with Gasteiger partial charge in [0.25, 0.3) is 5.22 Å². The van der Waals surface area contributed by atoms with E-state index < -0.39 is 0 Å². The number of rotatable bonds is 3. The molecule has 112 valence electrons. The number of hydrogen-bond acceptors (Lipinski definition) is 4. The highest BCUT2D eigenvalue weighted by Crippen LogP contribution is 2.40. The number of hydrogen-bond donors (Lipinski definition) is 1. The lowest BCUT2D eigenvalue weighted by atomic mass is 9.82. The molecule has 2 aromatic rings. The Morgan fingerprint density at radius 1 is 1.19 bits per heavy atom. The van der Waals surface area contributed by atoms with Crippen molar-refractivity contribution in [2.24, 2.45) is 5.73 Å². The fraction of sp³-hybridized carbons (Fsp3) is 0.471. The summed E-state index contributed by atoms with van der Waals surface area (Å²) in [7, 11) is 0. The second kappa shape index (κ2) is 6.24. The summed E-state index contributed by atoms with van der Waals surface area (Å²) in [6.07, 6.45) is 3.33. The summed E-state index contributed by atoms with van der Waals surface area (Å²) in [5, 5.41) is 1.14. The Balaban J connectivity index is 1.72. The number of nitrogens with zero attached hydrogens (tertiary/aromatic N) is 1. The van der Waals surface area contributed by atoms with Gasteiger partial charge in [-0.15, -0.1) is 0 Å². The molecule has 1 aromatic heterocycles. The van der Waals surface area contributed by atoms with Crippen LogP contribution < -0.4 is 5.73 Å². The molecule has 0 amide bonds. The van der Waals surface area contributed by atoms with Gasteiger partial charge >= 0.3 is 0 Å². The summed E-state index contributed by atoms with van der Waals surface area (Å²) in [5.74, 6) is 1.50. The number of benzene rings is 1. The SMILES string of the molecule is Cc1nc(SC2CC(c3ccccc3)CCC2N)oc1C. The third-order valence-corrected chi connectivity index (χ3v) is 5.60. The fourth-order valence-corrected chi connectivity index (χ4v) is 4.20. The Labute approximate surface area is 130 Å². The van der Waals surface area contributed by atoms with Gasteiger partial charge < -0.3 is 10.2 Å². The molecule has 2 N–H and O–H groups in total. The Kier molecular flexibility index (Phi) is 4.36. The summed E-state index contributed by atoms with van der Waals surface area (Å²) < 4.78 is 5.70. The topological polar surface area (TPSA) is 52.0 Å². The van der Waals surface area contributed by atoms with Gasteiger partial charge in [-0.2, -0.15) is 0 Å². The van der Waals surface area contributed by atoms with E-state index >= 15 is 0 Å². The van der Waals surface area contributed by atoms with E-state index in [0.717, 1.165) is 29.5 Å². The van der Waals surface area contributed by atoms with Crippen LogP contribution in [0.4, 0.5) is 0 Å². The van der Waals surface area contributed by atoms with Crippen LogP contribution in [0.1, 0.15) is 42.2 Å². The van der Waals surface area contributed by atoms with Gasteiger partial charge in [-0.25, -0.2) is 4.98 Å². The summed E-state index contributed by atoms with van der Waals surface area (Å²) in [6, 6.07) is 11.0. The first kappa shape index (κ1) is 14.7. The second-order valence-electron chi connectivity index (χ2n) is 5.86. The van der Waals surface area contributed by atoms with Crippen molar-refractivity contribution in [3.05, 3.63) is 47.3 Å². The number of aromatic nitrogens is 1. The van der Waals surface area contributed by atoms with E-state index in [1.54, 1.807) is 11.8 Å². The molecule has 1 saturated carbocycles. The van der Waals surface area contributed by atoms with Crippen molar-refractivity contribution >= 4 is 11.8 Å². The second-order valence-corrected chi connectivity index (χ2v) is 7.05. The molecule has 0 saturated heterocycles. The van der Waals surface area contributed by atoms with Gasteiger partial charge in [-0.1, -0.05) is 42.1 Å². The van der Waals surface area contributed by atoms with Crippen LogP contribution in [0.2, 0.25) is 0 Å². The first-order valence-electron chi connectivity index (χ1n) is 7.54. The summed E-state index contributed by atoms with van der Waals surface area (Å²) in [6.45, 7) is 3.94. The van der Waals surface area contributed by atoms with Gasteiger partial charge in [0.2, 0.25) is 0 Å². The van der Waals surface area contributed by atoms with Crippen molar-refractivity contribution in [2.75, 3.05) is 0 Å². The van der Waals surface area contributed by atoms with Crippen LogP contribution in [0, 0.1) is 13.8 Å². The first-order chi connectivity index (χ1) is 10.1. The number of oxazole rings is 1. The molecule has 21 heavy (non-hydrogen) atoms. The third kappa shape index (κ3) is 3.33. The van der Waals surface area contributed by atoms with Crippen LogP contribution in [0.25, 0.3) is 0 Å². The van der Waals surface area contributed by atoms with Crippen LogP contribution in [0.5, 0.6) is 0 Å². The molecule has 0 bridgehead atoms. The molecule has 1 aliphatic carbocycles. The van der Waals surface area contributed by atoms with E-state index in [2.05, 4.69) is 35.3 Å². The van der Waals surface area contributed by atoms with Crippen LogP contribution in [-0.4, -0.2) is 16.3 Å². The Morgan fingerprint density at radius 2 is 1.95 bits per heavy atom. The predicted molar refractivity (Wildman–Crippen MR) is 86.6 cm³/mol. The minimum Gasteiger partial charge on any atom is -0.437 e. The summed E-state index contributed by atoms with van der Waals surface area (Å²) in [5.41, 5.74) is 8.72. The zero-order valence-corrected chi connectivity index (χ0v) is 13.4. The minimum atomic E-state index is 0.225. The monoisotopic (exact) mass is 302 g/mol. The molecule has 1 aliphatic rings. The Hall–Kier alpha value is -1.26. The predicted octanol–water partition coefficient (Wildman–Crippen LogP) is 4.05. The van der Waals surface area contributed by atoms with Crippen molar-refractivity contribution in [3.8, 4) is 0 Å². The molecule has 1 aromatic carbocycles. The molecule has 1 fully saturated rings. The number of aryl methyl sites for hydroxylation is 2. The lowest BCUT2D eigenvalue weighted by Crippen LogP contribution is -2.37. The maximum Gasteiger partial charge on any atom is 0.256 e. The van der Waals surface area contributed by atoms with Crippen molar-refractivity contribution in [1.82, 2.24) is 4.98 Å². The summed E-state index contributed by atoms with van der Waals surface area (Å²) >= 11 is 1.70.